The van der Waals surface area contributed by atoms with E-state index in [0.29, 0.717) is 11.4 Å². The number of aromatic carboxylic acids is 1. The number of hydrogen-bond donors (Lipinski definition) is 1. The SMILES string of the molecule is O=C(O)c1cc(-c2cccnn2)no1. The summed E-state index contributed by atoms with van der Waals surface area (Å²) < 4.78 is 4.56. The highest BCUT2D eigenvalue weighted by atomic mass is 16.5. The highest BCUT2D eigenvalue weighted by Crippen LogP contribution is 2.15. The summed E-state index contributed by atoms with van der Waals surface area (Å²) in [6.45, 7) is 0. The Morgan fingerprint density at radius 2 is 2.29 bits per heavy atom. The summed E-state index contributed by atoms with van der Waals surface area (Å²) in [6.07, 6.45) is 1.52. The molecule has 2 aromatic rings. The fourth-order valence-electron chi connectivity index (χ4n) is 0.935. The van der Waals surface area contributed by atoms with Crippen LogP contribution in [0, 0.1) is 0 Å². The van der Waals surface area contributed by atoms with Crippen LogP contribution < -0.4 is 0 Å². The van der Waals surface area contributed by atoms with E-state index in [-0.39, 0.29) is 5.76 Å². The average Bonchev–Trinajstić information content (AvgIpc) is 2.68. The van der Waals surface area contributed by atoms with Gasteiger partial charge in [-0.25, -0.2) is 4.79 Å². The third-order valence-electron chi connectivity index (χ3n) is 1.56. The largest absolute Gasteiger partial charge is 0.475 e. The monoisotopic (exact) mass is 191 g/mol. The molecule has 1 N–H and O–H groups in total. The Morgan fingerprint density at radius 1 is 1.43 bits per heavy atom. The van der Waals surface area contributed by atoms with Crippen molar-refractivity contribution in [3.63, 3.8) is 0 Å². The van der Waals surface area contributed by atoms with E-state index in [0.717, 1.165) is 0 Å². The molecule has 0 saturated heterocycles. The van der Waals surface area contributed by atoms with E-state index >= 15 is 0 Å². The van der Waals surface area contributed by atoms with Gasteiger partial charge in [0, 0.05) is 12.3 Å². The predicted octanol–water partition coefficient (Wildman–Crippen LogP) is 0.830. The number of hydrogen-bond acceptors (Lipinski definition) is 5. The van der Waals surface area contributed by atoms with Crippen LogP contribution in [0.2, 0.25) is 0 Å². The Labute approximate surface area is 78.2 Å². The zero-order chi connectivity index (χ0) is 9.97. The zero-order valence-corrected chi connectivity index (χ0v) is 6.91. The number of carboxylic acids is 1. The summed E-state index contributed by atoms with van der Waals surface area (Å²) in [5.74, 6) is -1.38. The molecule has 0 fully saturated rings. The molecule has 0 aromatic carbocycles. The quantitative estimate of drug-likeness (QED) is 0.756. The fraction of sp³-hybridized carbons (Fsp3) is 0. The van der Waals surface area contributed by atoms with E-state index in [2.05, 4.69) is 19.9 Å². The first-order valence-corrected chi connectivity index (χ1v) is 3.75. The van der Waals surface area contributed by atoms with E-state index in [4.69, 9.17) is 5.11 Å². The highest BCUT2D eigenvalue weighted by Gasteiger charge is 2.12. The Morgan fingerprint density at radius 3 is 2.86 bits per heavy atom. The molecule has 0 bridgehead atoms. The molecule has 2 rings (SSSR count). The van der Waals surface area contributed by atoms with E-state index in [1.54, 1.807) is 12.1 Å². The molecule has 6 nitrogen and oxygen atoms in total. The van der Waals surface area contributed by atoms with Crippen LogP contribution in [0.4, 0.5) is 0 Å². The van der Waals surface area contributed by atoms with Crippen molar-refractivity contribution in [2.75, 3.05) is 0 Å². The number of nitrogens with zero attached hydrogens (tertiary/aromatic N) is 3. The summed E-state index contributed by atoms with van der Waals surface area (Å²) in [4.78, 5) is 10.5. The van der Waals surface area contributed by atoms with E-state index in [1.165, 1.54) is 12.3 Å². The minimum absolute atomic E-state index is 0.217. The second-order valence-electron chi connectivity index (χ2n) is 2.49. The van der Waals surface area contributed by atoms with Gasteiger partial charge >= 0.3 is 5.97 Å². The Hall–Kier alpha value is -2.24. The first-order valence-electron chi connectivity index (χ1n) is 3.75. The zero-order valence-electron chi connectivity index (χ0n) is 6.91. The molecule has 0 saturated carbocycles. The van der Waals surface area contributed by atoms with Crippen LogP contribution in [-0.2, 0) is 0 Å². The lowest BCUT2D eigenvalue weighted by Gasteiger charge is -1.88. The molecule has 0 atom stereocenters. The average molecular weight is 191 g/mol. The molecule has 14 heavy (non-hydrogen) atoms. The van der Waals surface area contributed by atoms with Crippen molar-refractivity contribution in [1.29, 1.82) is 0 Å². The number of carbonyl (C=O) groups is 1. The number of rotatable bonds is 2. The first-order chi connectivity index (χ1) is 6.77. The van der Waals surface area contributed by atoms with Gasteiger partial charge in [0.25, 0.3) is 0 Å². The molecule has 0 aliphatic carbocycles. The fourth-order valence-corrected chi connectivity index (χ4v) is 0.935. The van der Waals surface area contributed by atoms with Crippen molar-refractivity contribution >= 4 is 5.97 Å². The minimum atomic E-state index is -1.16. The molecule has 2 aromatic heterocycles. The molecule has 0 unspecified atom stereocenters. The van der Waals surface area contributed by atoms with Crippen molar-refractivity contribution < 1.29 is 14.4 Å². The predicted molar refractivity (Wildman–Crippen MR) is 44.5 cm³/mol. The number of aromatic nitrogens is 3. The smallest absolute Gasteiger partial charge is 0.374 e. The molecular weight excluding hydrogens is 186 g/mol. The molecule has 0 radical (unpaired) electrons. The number of carboxylic acid groups (broad SMARTS) is 1. The van der Waals surface area contributed by atoms with Gasteiger partial charge in [0.1, 0.15) is 11.4 Å². The van der Waals surface area contributed by atoms with E-state index in [9.17, 15) is 4.79 Å². The molecule has 70 valence electrons. The van der Waals surface area contributed by atoms with Gasteiger partial charge in [-0.15, -0.1) is 5.10 Å². The van der Waals surface area contributed by atoms with Crippen LogP contribution in [0.5, 0.6) is 0 Å². The van der Waals surface area contributed by atoms with Crippen LogP contribution in [-0.4, -0.2) is 26.4 Å². The third kappa shape index (κ3) is 1.45. The second-order valence-corrected chi connectivity index (χ2v) is 2.49. The lowest BCUT2D eigenvalue weighted by atomic mass is 10.3. The van der Waals surface area contributed by atoms with Crippen LogP contribution in [0.25, 0.3) is 11.4 Å². The van der Waals surface area contributed by atoms with Gasteiger partial charge in [-0.3, -0.25) is 0 Å². The lowest BCUT2D eigenvalue weighted by Crippen LogP contribution is -1.91. The first kappa shape index (κ1) is 8.36. The molecular formula is C8H5N3O3. The van der Waals surface area contributed by atoms with Crippen molar-refractivity contribution in [3.05, 3.63) is 30.2 Å². The standard InChI is InChI=1S/C8H5N3O3/c12-8(13)7-4-6(11-14-7)5-2-1-3-9-10-5/h1-4H,(H,12,13). The molecule has 0 amide bonds. The van der Waals surface area contributed by atoms with Crippen LogP contribution in [0.15, 0.2) is 28.9 Å². The topological polar surface area (TPSA) is 89.1 Å². The van der Waals surface area contributed by atoms with Crippen LogP contribution in [0.3, 0.4) is 0 Å². The van der Waals surface area contributed by atoms with Crippen LogP contribution in [0.1, 0.15) is 10.6 Å². The molecule has 0 aliphatic rings. The maximum absolute atomic E-state index is 10.5. The van der Waals surface area contributed by atoms with Gasteiger partial charge in [-0.05, 0) is 12.1 Å². The third-order valence-corrected chi connectivity index (χ3v) is 1.56. The van der Waals surface area contributed by atoms with Gasteiger partial charge in [-0.1, -0.05) is 5.16 Å². The van der Waals surface area contributed by atoms with Gasteiger partial charge in [0.2, 0.25) is 5.76 Å². The Balaban J connectivity index is 2.39. The maximum Gasteiger partial charge on any atom is 0.374 e. The van der Waals surface area contributed by atoms with E-state index < -0.39 is 5.97 Å². The molecule has 6 heteroatoms. The van der Waals surface area contributed by atoms with E-state index in [1.807, 2.05) is 0 Å². The Kier molecular flexibility index (Phi) is 1.94. The molecule has 0 spiro atoms. The minimum Gasteiger partial charge on any atom is -0.475 e. The maximum atomic E-state index is 10.5. The van der Waals surface area contributed by atoms with Gasteiger partial charge in [-0.2, -0.15) is 5.10 Å². The highest BCUT2D eigenvalue weighted by molar-refractivity contribution is 5.85. The van der Waals surface area contributed by atoms with Gasteiger partial charge < -0.3 is 9.63 Å². The summed E-state index contributed by atoms with van der Waals surface area (Å²) in [5.41, 5.74) is 0.833. The Bertz CT molecular complexity index is 452. The van der Waals surface area contributed by atoms with Crippen molar-refractivity contribution in [1.82, 2.24) is 15.4 Å². The van der Waals surface area contributed by atoms with Gasteiger partial charge in [0.15, 0.2) is 0 Å². The summed E-state index contributed by atoms with van der Waals surface area (Å²) >= 11 is 0. The molecule has 0 aliphatic heterocycles. The molecule has 2 heterocycles. The van der Waals surface area contributed by atoms with Gasteiger partial charge in [0.05, 0.1) is 0 Å². The summed E-state index contributed by atoms with van der Waals surface area (Å²) in [7, 11) is 0. The normalized spacial score (nSPS) is 10.0. The summed E-state index contributed by atoms with van der Waals surface area (Å²) in [5, 5.41) is 19.5. The van der Waals surface area contributed by atoms with Crippen LogP contribution >= 0.6 is 0 Å². The van der Waals surface area contributed by atoms with Crippen molar-refractivity contribution in [3.8, 4) is 11.4 Å². The summed E-state index contributed by atoms with van der Waals surface area (Å²) in [6, 6.07) is 4.64. The second kappa shape index (κ2) is 3.25. The van der Waals surface area contributed by atoms with Crippen molar-refractivity contribution in [2.24, 2.45) is 0 Å². The van der Waals surface area contributed by atoms with Crippen molar-refractivity contribution in [2.45, 2.75) is 0 Å². The lowest BCUT2D eigenvalue weighted by molar-refractivity contribution is 0.0652.